The number of hydrogen-bond donors (Lipinski definition) is 0. The second kappa shape index (κ2) is 13.4. The summed E-state index contributed by atoms with van der Waals surface area (Å²) >= 11 is 0. The Morgan fingerprint density at radius 3 is 1.04 bits per heavy atom. The van der Waals surface area contributed by atoms with Crippen LogP contribution in [0.25, 0.3) is 66.9 Å². The number of rotatable bonds is 7. The highest BCUT2D eigenvalue weighted by atomic mass is 28.3. The first-order chi connectivity index (χ1) is 34.5. The van der Waals surface area contributed by atoms with Crippen LogP contribution in [-0.2, 0) is 0 Å². The summed E-state index contributed by atoms with van der Waals surface area (Å²) in [5.41, 5.74) is 3.59. The zero-order chi connectivity index (χ0) is 50.8. The summed E-state index contributed by atoms with van der Waals surface area (Å²) in [5.74, 6) is 0.643. The van der Waals surface area contributed by atoms with E-state index in [1.165, 1.54) is 12.1 Å². The van der Waals surface area contributed by atoms with E-state index in [9.17, 15) is 8.22 Å². The molecule has 5 nitrogen and oxygen atoms in total. The van der Waals surface area contributed by atoms with Gasteiger partial charge in [-0.25, -0.2) is 0 Å². The van der Waals surface area contributed by atoms with Crippen LogP contribution in [0.2, 0.25) is 0 Å². The fourth-order valence-electron chi connectivity index (χ4n) is 7.95. The van der Waals surface area contributed by atoms with E-state index in [2.05, 4.69) is 0 Å². The highest BCUT2D eigenvalue weighted by molar-refractivity contribution is 7.19. The standard InChI is InChI=1S/C51H35N5Si/c1-4-18-37(19-5-1)57(38-20-6-2-7-21-38,39-22-8-3-9-23-39)40-34-32-36(33-35-40)49-52-50(55-45-28-14-10-24-41(45)42-25-11-15-29-46(42)55)54-51(53-49)56-47-30-16-12-26-43(47)44-27-13-17-31-48(44)56/h1-35H/i1D,2D,3D,4D,5D,6D,7D,8D,9D,18D,19D,20D,21D,22D,23D. The smallest absolute Gasteiger partial charge is 0.240 e. The van der Waals surface area contributed by atoms with Crippen LogP contribution in [0.5, 0.6) is 0 Å². The molecule has 0 bridgehead atoms. The van der Waals surface area contributed by atoms with Crippen LogP contribution in [0.1, 0.15) is 20.6 Å². The van der Waals surface area contributed by atoms with Crippen LogP contribution in [-0.4, -0.2) is 32.2 Å². The lowest BCUT2D eigenvalue weighted by molar-refractivity contribution is 0.893. The van der Waals surface area contributed by atoms with Gasteiger partial charge in [-0.15, -0.1) is 0 Å². The molecule has 0 spiro atoms. The molecule has 0 saturated carbocycles. The molecule has 0 fully saturated rings. The lowest BCUT2D eigenvalue weighted by Crippen LogP contribution is -2.74. The number of benzene rings is 8. The van der Waals surface area contributed by atoms with Crippen molar-refractivity contribution in [1.82, 2.24) is 24.1 Å². The van der Waals surface area contributed by atoms with Gasteiger partial charge >= 0.3 is 0 Å². The van der Waals surface area contributed by atoms with E-state index in [0.717, 1.165) is 43.6 Å². The maximum atomic E-state index is 9.43. The van der Waals surface area contributed by atoms with E-state index >= 15 is 0 Å². The zero-order valence-electron chi connectivity index (χ0n) is 44.8. The van der Waals surface area contributed by atoms with E-state index < -0.39 is 114 Å². The summed E-state index contributed by atoms with van der Waals surface area (Å²) in [6.45, 7) is 0. The van der Waals surface area contributed by atoms with Crippen molar-refractivity contribution in [2.75, 3.05) is 0 Å². The van der Waals surface area contributed by atoms with Gasteiger partial charge in [0.15, 0.2) is 13.9 Å². The van der Waals surface area contributed by atoms with E-state index in [-0.39, 0.29) is 22.9 Å². The van der Waals surface area contributed by atoms with Crippen molar-refractivity contribution in [2.24, 2.45) is 0 Å². The molecule has 0 radical (unpaired) electrons. The number of hydrogen-bond acceptors (Lipinski definition) is 3. The predicted octanol–water partition coefficient (Wildman–Crippen LogP) is 9.11. The van der Waals surface area contributed by atoms with Crippen molar-refractivity contribution in [2.45, 2.75) is 0 Å². The fourth-order valence-corrected chi connectivity index (χ4v) is 11.7. The van der Waals surface area contributed by atoms with Gasteiger partial charge in [-0.3, -0.25) is 9.13 Å². The molecule has 0 saturated heterocycles. The maximum absolute atomic E-state index is 9.43. The van der Waals surface area contributed by atoms with Crippen molar-refractivity contribution in [3.63, 3.8) is 0 Å². The van der Waals surface area contributed by atoms with Crippen molar-refractivity contribution in [3.8, 4) is 23.3 Å². The third kappa shape index (κ3) is 5.19. The Morgan fingerprint density at radius 2 is 0.684 bits per heavy atom. The monoisotopic (exact) mass is 760 g/mol. The average molecular weight is 761 g/mol. The molecule has 268 valence electrons. The Bertz CT molecular complexity index is 3650. The zero-order valence-corrected chi connectivity index (χ0v) is 30.8. The van der Waals surface area contributed by atoms with Crippen molar-refractivity contribution >= 4 is 72.4 Å². The molecule has 57 heavy (non-hydrogen) atoms. The first-order valence-electron chi connectivity index (χ1n) is 25.6. The highest BCUT2D eigenvalue weighted by Gasteiger charge is 2.41. The summed E-state index contributed by atoms with van der Waals surface area (Å²) in [7, 11) is -5.34. The van der Waals surface area contributed by atoms with E-state index in [1.54, 1.807) is 12.1 Å². The van der Waals surface area contributed by atoms with E-state index in [0.29, 0.717) is 5.56 Å². The van der Waals surface area contributed by atoms with Crippen molar-refractivity contribution in [3.05, 3.63) is 212 Å². The molecule has 8 aromatic carbocycles. The molecule has 0 amide bonds. The predicted molar refractivity (Wildman–Crippen MR) is 238 cm³/mol. The van der Waals surface area contributed by atoms with Gasteiger partial charge in [0.2, 0.25) is 11.9 Å². The average Bonchev–Trinajstić information content (AvgIpc) is 3.92. The highest BCUT2D eigenvalue weighted by Crippen LogP contribution is 2.34. The third-order valence-electron chi connectivity index (χ3n) is 10.4. The number of nitrogens with zero attached hydrogens (tertiary/aromatic N) is 5. The van der Waals surface area contributed by atoms with Crippen molar-refractivity contribution < 1.29 is 20.6 Å². The van der Waals surface area contributed by atoms with Gasteiger partial charge in [0.1, 0.15) is 0 Å². The van der Waals surface area contributed by atoms with Gasteiger partial charge in [-0.2, -0.15) is 15.0 Å². The van der Waals surface area contributed by atoms with Crippen LogP contribution >= 0.6 is 0 Å². The quantitative estimate of drug-likeness (QED) is 0.120. The SMILES string of the molecule is [2H]c1c([2H])c([2H])c([Si](c2ccc(-c3nc(-n4c5ccccc5c5ccccc54)nc(-n4c5ccccc5c5ccccc54)n3)cc2)(c2c([2H])c([2H])c([2H])c([2H])c2[2H])c2c([2H])c([2H])c([2H])c([2H])c2[2H])c([2H])c1[2H]. The minimum atomic E-state index is -5.34. The fraction of sp³-hybridized carbons (Fsp3) is 0. The minimum Gasteiger partial charge on any atom is -0.278 e. The Labute approximate surface area is 351 Å². The molecule has 3 aromatic heterocycles. The summed E-state index contributed by atoms with van der Waals surface area (Å²) in [6, 6.07) is 24.8. The third-order valence-corrected chi connectivity index (χ3v) is 14.6. The van der Waals surface area contributed by atoms with Gasteiger partial charge in [-0.1, -0.05) is 188 Å². The number of aromatic nitrogens is 5. The largest absolute Gasteiger partial charge is 0.278 e. The molecule has 11 aromatic rings. The Hall–Kier alpha value is -7.41. The van der Waals surface area contributed by atoms with Gasteiger partial charge in [-0.05, 0) is 45.0 Å². The number of fused-ring (bicyclic) bond motifs is 6. The summed E-state index contributed by atoms with van der Waals surface area (Å²) in [6.07, 6.45) is 0. The molecular formula is C51H35N5Si. The van der Waals surface area contributed by atoms with Crippen LogP contribution < -0.4 is 20.7 Å². The van der Waals surface area contributed by atoms with E-state index in [4.69, 9.17) is 27.3 Å². The van der Waals surface area contributed by atoms with Gasteiger partial charge < -0.3 is 0 Å². The number of para-hydroxylation sites is 4. The van der Waals surface area contributed by atoms with Gasteiger partial charge in [0.05, 0.1) is 42.6 Å². The first kappa shape index (κ1) is 21.0. The molecule has 0 N–H and O–H groups in total. The Morgan fingerprint density at radius 1 is 0.351 bits per heavy atom. The lowest BCUT2D eigenvalue weighted by atomic mass is 10.2. The molecule has 0 unspecified atom stereocenters. The second-order valence-corrected chi connectivity index (χ2v) is 16.9. The van der Waals surface area contributed by atoms with Crippen LogP contribution in [0, 0.1) is 0 Å². The van der Waals surface area contributed by atoms with Gasteiger partial charge in [0.25, 0.3) is 0 Å². The maximum Gasteiger partial charge on any atom is 0.240 e. The molecule has 0 atom stereocenters. The first-order valence-corrected chi connectivity index (χ1v) is 20.1. The molecule has 3 heterocycles. The van der Waals surface area contributed by atoms with E-state index in [1.807, 2.05) is 106 Å². The summed E-state index contributed by atoms with van der Waals surface area (Å²) < 4.78 is 139. The Kier molecular flexibility index (Phi) is 4.95. The summed E-state index contributed by atoms with van der Waals surface area (Å²) in [4.78, 5) is 15.4. The second-order valence-electron chi connectivity index (χ2n) is 13.3. The molecule has 6 heteroatoms. The molecule has 0 aliphatic heterocycles. The normalized spacial score (nSPS) is 15.5. The van der Waals surface area contributed by atoms with Crippen LogP contribution in [0.4, 0.5) is 0 Å². The van der Waals surface area contributed by atoms with Gasteiger partial charge in [0, 0.05) is 27.1 Å². The Balaban J connectivity index is 1.27. The molecule has 0 aliphatic rings. The topological polar surface area (TPSA) is 48.5 Å². The minimum absolute atomic E-state index is 0.0406. The lowest BCUT2D eigenvalue weighted by Gasteiger charge is -2.34. The van der Waals surface area contributed by atoms with Crippen LogP contribution in [0.15, 0.2) is 212 Å². The summed E-state index contributed by atoms with van der Waals surface area (Å²) in [5, 5.41) is 2.02. The molecular weight excluding hydrogens is 711 g/mol. The molecule has 0 aliphatic carbocycles. The van der Waals surface area contributed by atoms with Crippen molar-refractivity contribution in [1.29, 1.82) is 0 Å². The molecule has 11 rings (SSSR count). The van der Waals surface area contributed by atoms with Crippen LogP contribution in [0.3, 0.4) is 0 Å².